The normalized spacial score (nSPS) is 16.8. The van der Waals surface area contributed by atoms with Crippen molar-refractivity contribution in [3.8, 4) is 11.1 Å². The molecule has 1 heterocycles. The van der Waals surface area contributed by atoms with Crippen LogP contribution >= 0.6 is 0 Å². The van der Waals surface area contributed by atoms with Crippen LogP contribution < -0.4 is 10.6 Å². The third kappa shape index (κ3) is 2.15. The van der Waals surface area contributed by atoms with Crippen LogP contribution in [0.2, 0.25) is 0 Å². The highest BCUT2D eigenvalue weighted by atomic mass is 14.9. The molecule has 1 heteroatoms. The fraction of sp³-hybridized carbons (Fsp3) is 0.273. The van der Waals surface area contributed by atoms with Crippen molar-refractivity contribution in [2.24, 2.45) is 13.0 Å². The maximum Gasteiger partial charge on any atom is 0.0494 e. The second-order valence-corrected chi connectivity index (χ2v) is 6.94. The smallest absolute Gasteiger partial charge is 0.0494 e. The van der Waals surface area contributed by atoms with E-state index in [0.29, 0.717) is 5.92 Å². The lowest BCUT2D eigenvalue weighted by molar-refractivity contribution is 0.787. The zero-order valence-corrected chi connectivity index (χ0v) is 14.4. The van der Waals surface area contributed by atoms with Crippen LogP contribution in [0.1, 0.15) is 24.5 Å². The number of hydrogen-bond acceptors (Lipinski definition) is 0. The third-order valence-corrected chi connectivity index (χ3v) is 5.20. The molecule has 1 aliphatic carbocycles. The lowest BCUT2D eigenvalue weighted by Gasteiger charge is -2.10. The fourth-order valence-electron chi connectivity index (χ4n) is 3.88. The summed E-state index contributed by atoms with van der Waals surface area (Å²) in [5, 5.41) is 4.18. The van der Waals surface area contributed by atoms with Crippen LogP contribution in [0.15, 0.2) is 36.4 Å². The van der Waals surface area contributed by atoms with Crippen LogP contribution in [0.4, 0.5) is 0 Å². The summed E-state index contributed by atoms with van der Waals surface area (Å²) < 4.78 is 2.36. The minimum Gasteiger partial charge on any atom is -0.344 e. The van der Waals surface area contributed by atoms with E-state index in [0.717, 1.165) is 6.42 Å². The van der Waals surface area contributed by atoms with Crippen molar-refractivity contribution in [1.29, 1.82) is 0 Å². The number of rotatable bonds is 1. The van der Waals surface area contributed by atoms with Gasteiger partial charge in [-0.25, -0.2) is 0 Å². The zero-order chi connectivity index (χ0) is 16.1. The lowest BCUT2D eigenvalue weighted by atomic mass is 9.94. The number of benzene rings is 2. The van der Waals surface area contributed by atoms with E-state index in [1.54, 1.807) is 0 Å². The zero-order valence-electron chi connectivity index (χ0n) is 14.4. The predicted molar refractivity (Wildman–Crippen MR) is 99.8 cm³/mol. The molecule has 0 spiro atoms. The van der Waals surface area contributed by atoms with Crippen molar-refractivity contribution >= 4 is 23.1 Å². The third-order valence-electron chi connectivity index (χ3n) is 5.20. The molecule has 0 fully saturated rings. The minimum absolute atomic E-state index is 0.629. The van der Waals surface area contributed by atoms with E-state index in [2.05, 4.69) is 80.9 Å². The standard InChI is InChI=1S/C22H23N/c1-14-9-10-21-19(11-14)20-12-16(3)18(13-22(20)23(21)4)17-8-6-5-7-15(17)2/h5-8,10-14H,9H2,1-4H3. The van der Waals surface area contributed by atoms with E-state index in [4.69, 9.17) is 0 Å². The first-order chi connectivity index (χ1) is 11.1. The summed E-state index contributed by atoms with van der Waals surface area (Å²) in [5.74, 6) is 0.629. The molecule has 4 rings (SSSR count). The van der Waals surface area contributed by atoms with Gasteiger partial charge in [0.25, 0.3) is 0 Å². The highest BCUT2D eigenvalue weighted by Crippen LogP contribution is 2.29. The van der Waals surface area contributed by atoms with E-state index in [1.165, 1.54) is 43.7 Å². The Bertz CT molecular complexity index is 1030. The highest BCUT2D eigenvalue weighted by Gasteiger charge is 2.13. The van der Waals surface area contributed by atoms with Crippen molar-refractivity contribution in [1.82, 2.24) is 4.57 Å². The second-order valence-electron chi connectivity index (χ2n) is 6.94. The molecule has 0 saturated heterocycles. The van der Waals surface area contributed by atoms with E-state index >= 15 is 0 Å². The average Bonchev–Trinajstić information content (AvgIpc) is 2.79. The molecule has 0 amide bonds. The van der Waals surface area contributed by atoms with E-state index in [-0.39, 0.29) is 0 Å². The van der Waals surface area contributed by atoms with Gasteiger partial charge in [-0.1, -0.05) is 43.3 Å². The van der Waals surface area contributed by atoms with Gasteiger partial charge >= 0.3 is 0 Å². The Kier molecular flexibility index (Phi) is 3.19. The highest BCUT2D eigenvalue weighted by molar-refractivity contribution is 5.89. The van der Waals surface area contributed by atoms with Gasteiger partial charge in [0.05, 0.1) is 0 Å². The van der Waals surface area contributed by atoms with Crippen molar-refractivity contribution in [3.63, 3.8) is 0 Å². The van der Waals surface area contributed by atoms with Crippen LogP contribution in [0.5, 0.6) is 0 Å². The van der Waals surface area contributed by atoms with Crippen LogP contribution in [-0.4, -0.2) is 4.57 Å². The van der Waals surface area contributed by atoms with Crippen LogP contribution in [-0.2, 0) is 7.05 Å². The van der Waals surface area contributed by atoms with Crippen molar-refractivity contribution in [3.05, 3.63) is 58.1 Å². The summed E-state index contributed by atoms with van der Waals surface area (Å²) in [7, 11) is 2.19. The molecular formula is C22H23N. The first-order valence-electron chi connectivity index (χ1n) is 8.43. The second kappa shape index (κ2) is 5.13. The molecule has 23 heavy (non-hydrogen) atoms. The maximum atomic E-state index is 2.44. The molecule has 2 aromatic carbocycles. The molecular weight excluding hydrogens is 278 g/mol. The number of aromatic nitrogens is 1. The van der Waals surface area contributed by atoms with Gasteiger partial charge < -0.3 is 4.57 Å². The van der Waals surface area contributed by atoms with E-state index in [9.17, 15) is 0 Å². The molecule has 0 N–H and O–H groups in total. The Morgan fingerprint density at radius 1 is 1.00 bits per heavy atom. The monoisotopic (exact) mass is 301 g/mol. The number of aryl methyl sites for hydroxylation is 3. The molecule has 1 nitrogen and oxygen atoms in total. The molecule has 3 aromatic rings. The summed E-state index contributed by atoms with van der Waals surface area (Å²) in [5.41, 5.74) is 6.71. The average molecular weight is 301 g/mol. The fourth-order valence-corrected chi connectivity index (χ4v) is 3.88. The van der Waals surface area contributed by atoms with Gasteiger partial charge in [0.1, 0.15) is 0 Å². The SMILES string of the molecule is Cc1ccccc1-c1cc2c(cc1C)c1c(n2C)=CCC(C)C=1. The summed E-state index contributed by atoms with van der Waals surface area (Å²) in [4.78, 5) is 0. The molecule has 1 aromatic heterocycles. The Morgan fingerprint density at radius 2 is 1.78 bits per heavy atom. The first-order valence-corrected chi connectivity index (χ1v) is 8.43. The molecule has 1 aliphatic rings. The van der Waals surface area contributed by atoms with Crippen LogP contribution in [0, 0.1) is 19.8 Å². The molecule has 0 bridgehead atoms. The van der Waals surface area contributed by atoms with Crippen molar-refractivity contribution in [2.45, 2.75) is 27.2 Å². The van der Waals surface area contributed by atoms with Gasteiger partial charge in [-0.05, 0) is 60.6 Å². The Hall–Kier alpha value is -2.28. The molecule has 0 radical (unpaired) electrons. The number of nitrogens with zero attached hydrogens (tertiary/aromatic N) is 1. The molecule has 1 unspecified atom stereocenters. The van der Waals surface area contributed by atoms with Crippen molar-refractivity contribution in [2.75, 3.05) is 0 Å². The van der Waals surface area contributed by atoms with Gasteiger partial charge in [-0.15, -0.1) is 0 Å². The van der Waals surface area contributed by atoms with Crippen LogP contribution in [0.25, 0.3) is 34.2 Å². The van der Waals surface area contributed by atoms with Crippen LogP contribution in [0.3, 0.4) is 0 Å². The largest absolute Gasteiger partial charge is 0.344 e. The van der Waals surface area contributed by atoms with Crippen molar-refractivity contribution < 1.29 is 0 Å². The minimum atomic E-state index is 0.629. The quantitative estimate of drug-likeness (QED) is 0.639. The number of hydrogen-bond donors (Lipinski definition) is 0. The number of fused-ring (bicyclic) bond motifs is 3. The maximum absolute atomic E-state index is 2.44. The molecule has 116 valence electrons. The Morgan fingerprint density at radius 3 is 2.57 bits per heavy atom. The van der Waals surface area contributed by atoms with E-state index < -0.39 is 0 Å². The molecule has 0 saturated carbocycles. The molecule has 0 aliphatic heterocycles. The van der Waals surface area contributed by atoms with Gasteiger partial charge in [0, 0.05) is 28.5 Å². The topological polar surface area (TPSA) is 4.93 Å². The Labute approximate surface area is 137 Å². The summed E-state index contributed by atoms with van der Waals surface area (Å²) >= 11 is 0. The first kappa shape index (κ1) is 14.3. The molecule has 1 atom stereocenters. The lowest BCUT2D eigenvalue weighted by Crippen LogP contribution is -2.31. The van der Waals surface area contributed by atoms with E-state index in [1.807, 2.05) is 0 Å². The van der Waals surface area contributed by atoms with Gasteiger partial charge in [0.2, 0.25) is 0 Å². The Balaban J connectivity index is 2.09. The predicted octanol–water partition coefficient (Wildman–Crippen LogP) is 4.06. The summed E-state index contributed by atoms with van der Waals surface area (Å²) in [6.07, 6.45) is 5.97. The summed E-state index contributed by atoms with van der Waals surface area (Å²) in [6.45, 7) is 6.72. The van der Waals surface area contributed by atoms with Gasteiger partial charge in [0.15, 0.2) is 0 Å². The van der Waals surface area contributed by atoms with Gasteiger partial charge in [-0.2, -0.15) is 0 Å². The van der Waals surface area contributed by atoms with Gasteiger partial charge in [-0.3, -0.25) is 0 Å². The summed E-state index contributed by atoms with van der Waals surface area (Å²) in [6, 6.07) is 13.4.